The predicted molar refractivity (Wildman–Crippen MR) is 79.7 cm³/mol. The third kappa shape index (κ3) is 4.69. The standard InChI is InChI=1S/C17H22O4/c1-13-8-9-16(17(18)19-2)21-15(13)10-11-20-12-14-6-4-3-5-7-14/h3-9,13,15-16H,10-12H2,1-2H3/t13-,15-,16+/m0/s1. The van der Waals surface area contributed by atoms with E-state index in [1.807, 2.05) is 36.4 Å². The van der Waals surface area contributed by atoms with Crippen molar-refractivity contribution in [1.29, 1.82) is 0 Å². The summed E-state index contributed by atoms with van der Waals surface area (Å²) in [7, 11) is 1.37. The number of rotatable bonds is 6. The summed E-state index contributed by atoms with van der Waals surface area (Å²) in [6.07, 6.45) is 3.91. The van der Waals surface area contributed by atoms with E-state index in [1.165, 1.54) is 7.11 Å². The van der Waals surface area contributed by atoms with Crippen molar-refractivity contribution < 1.29 is 19.0 Å². The molecule has 1 aromatic rings. The van der Waals surface area contributed by atoms with Gasteiger partial charge in [-0.05, 0) is 18.1 Å². The van der Waals surface area contributed by atoms with Crippen LogP contribution in [0.5, 0.6) is 0 Å². The first kappa shape index (κ1) is 15.7. The van der Waals surface area contributed by atoms with E-state index in [4.69, 9.17) is 14.2 Å². The van der Waals surface area contributed by atoms with Crippen LogP contribution in [-0.2, 0) is 25.6 Å². The van der Waals surface area contributed by atoms with Crippen LogP contribution in [0.3, 0.4) is 0 Å². The molecule has 0 radical (unpaired) electrons. The molecule has 1 heterocycles. The van der Waals surface area contributed by atoms with Gasteiger partial charge in [0.2, 0.25) is 0 Å². The van der Waals surface area contributed by atoms with Crippen molar-refractivity contribution in [1.82, 2.24) is 0 Å². The number of hydrogen-bond acceptors (Lipinski definition) is 4. The SMILES string of the molecule is COC(=O)[C@H]1C=C[C@H](C)[C@H](CCOCc2ccccc2)O1. The highest BCUT2D eigenvalue weighted by Gasteiger charge is 2.28. The fraction of sp³-hybridized carbons (Fsp3) is 0.471. The first-order valence-electron chi connectivity index (χ1n) is 7.24. The Labute approximate surface area is 125 Å². The van der Waals surface area contributed by atoms with Gasteiger partial charge >= 0.3 is 5.97 Å². The molecule has 3 atom stereocenters. The van der Waals surface area contributed by atoms with Crippen LogP contribution >= 0.6 is 0 Å². The van der Waals surface area contributed by atoms with Crippen molar-refractivity contribution in [3.63, 3.8) is 0 Å². The van der Waals surface area contributed by atoms with E-state index in [1.54, 1.807) is 6.08 Å². The normalized spacial score (nSPS) is 24.8. The van der Waals surface area contributed by atoms with Crippen molar-refractivity contribution in [2.45, 2.75) is 32.2 Å². The molecule has 0 unspecified atom stereocenters. The van der Waals surface area contributed by atoms with Crippen LogP contribution in [0.1, 0.15) is 18.9 Å². The molecule has 0 saturated carbocycles. The highest BCUT2D eigenvalue weighted by Crippen LogP contribution is 2.22. The lowest BCUT2D eigenvalue weighted by molar-refractivity contribution is -0.157. The first-order chi connectivity index (χ1) is 10.2. The molecule has 1 aromatic carbocycles. The number of carbonyl (C=O) groups excluding carboxylic acids is 1. The Morgan fingerprint density at radius 3 is 2.71 bits per heavy atom. The number of esters is 1. The molecule has 0 aliphatic carbocycles. The number of benzene rings is 1. The Morgan fingerprint density at radius 2 is 2.00 bits per heavy atom. The molecule has 1 aliphatic heterocycles. The lowest BCUT2D eigenvalue weighted by Gasteiger charge is -2.29. The van der Waals surface area contributed by atoms with Crippen LogP contribution in [0.25, 0.3) is 0 Å². The molecule has 114 valence electrons. The summed E-state index contributed by atoms with van der Waals surface area (Å²) in [5.74, 6) is -0.0837. The zero-order valence-electron chi connectivity index (χ0n) is 12.5. The van der Waals surface area contributed by atoms with Crippen molar-refractivity contribution in [2.75, 3.05) is 13.7 Å². The van der Waals surface area contributed by atoms with E-state index in [0.29, 0.717) is 13.2 Å². The molecule has 0 bridgehead atoms. The molecule has 0 saturated heterocycles. The van der Waals surface area contributed by atoms with Crippen molar-refractivity contribution >= 4 is 5.97 Å². The van der Waals surface area contributed by atoms with Crippen LogP contribution in [-0.4, -0.2) is 31.9 Å². The third-order valence-corrected chi connectivity index (χ3v) is 3.59. The van der Waals surface area contributed by atoms with Gasteiger partial charge in [-0.1, -0.05) is 43.3 Å². The quantitative estimate of drug-likeness (QED) is 0.459. The van der Waals surface area contributed by atoms with Gasteiger partial charge in [-0.2, -0.15) is 0 Å². The minimum Gasteiger partial charge on any atom is -0.467 e. The number of carbonyl (C=O) groups is 1. The zero-order valence-corrected chi connectivity index (χ0v) is 12.5. The second kappa shape index (κ2) is 7.96. The lowest BCUT2D eigenvalue weighted by Crippen LogP contribution is -2.36. The summed E-state index contributed by atoms with van der Waals surface area (Å²) in [4.78, 5) is 11.5. The van der Waals surface area contributed by atoms with Gasteiger partial charge in [-0.25, -0.2) is 4.79 Å². The summed E-state index contributed by atoms with van der Waals surface area (Å²) in [6, 6.07) is 10.1. The number of hydrogen-bond donors (Lipinski definition) is 0. The molecule has 4 heteroatoms. The van der Waals surface area contributed by atoms with Crippen LogP contribution in [0.4, 0.5) is 0 Å². The fourth-order valence-electron chi connectivity index (χ4n) is 2.30. The van der Waals surface area contributed by atoms with Gasteiger partial charge < -0.3 is 14.2 Å². The molecule has 0 spiro atoms. The Kier molecular flexibility index (Phi) is 5.96. The lowest BCUT2D eigenvalue weighted by atomic mass is 9.98. The van der Waals surface area contributed by atoms with Crippen LogP contribution in [0.2, 0.25) is 0 Å². The van der Waals surface area contributed by atoms with Crippen LogP contribution in [0.15, 0.2) is 42.5 Å². The number of ether oxygens (including phenoxy) is 3. The van der Waals surface area contributed by atoms with E-state index in [9.17, 15) is 4.79 Å². The van der Waals surface area contributed by atoms with E-state index >= 15 is 0 Å². The summed E-state index contributed by atoms with van der Waals surface area (Å²) in [5.41, 5.74) is 1.16. The van der Waals surface area contributed by atoms with Gasteiger partial charge in [0.05, 0.1) is 19.8 Å². The minimum atomic E-state index is -0.592. The summed E-state index contributed by atoms with van der Waals surface area (Å²) in [5, 5.41) is 0. The average Bonchev–Trinajstić information content (AvgIpc) is 2.53. The van der Waals surface area contributed by atoms with Gasteiger partial charge in [0.25, 0.3) is 0 Å². The fourth-order valence-corrected chi connectivity index (χ4v) is 2.30. The van der Waals surface area contributed by atoms with Gasteiger partial charge in [0.15, 0.2) is 6.10 Å². The van der Waals surface area contributed by atoms with E-state index in [2.05, 4.69) is 6.92 Å². The minimum absolute atomic E-state index is 0.0186. The third-order valence-electron chi connectivity index (χ3n) is 3.59. The number of methoxy groups -OCH3 is 1. The molecule has 2 rings (SSSR count). The summed E-state index contributed by atoms with van der Waals surface area (Å²) >= 11 is 0. The summed E-state index contributed by atoms with van der Waals surface area (Å²) < 4.78 is 16.1. The van der Waals surface area contributed by atoms with Crippen LogP contribution < -0.4 is 0 Å². The van der Waals surface area contributed by atoms with Gasteiger partial charge in [-0.3, -0.25) is 0 Å². The Hall–Kier alpha value is -1.65. The molecule has 4 nitrogen and oxygen atoms in total. The zero-order chi connectivity index (χ0) is 15.1. The largest absolute Gasteiger partial charge is 0.467 e. The van der Waals surface area contributed by atoms with Gasteiger partial charge in [-0.15, -0.1) is 0 Å². The molecular weight excluding hydrogens is 268 g/mol. The Bertz CT molecular complexity index is 469. The molecule has 21 heavy (non-hydrogen) atoms. The molecule has 0 aromatic heterocycles. The monoisotopic (exact) mass is 290 g/mol. The topological polar surface area (TPSA) is 44.8 Å². The smallest absolute Gasteiger partial charge is 0.339 e. The second-order valence-electron chi connectivity index (χ2n) is 5.19. The van der Waals surface area contributed by atoms with Gasteiger partial charge in [0, 0.05) is 12.5 Å². The van der Waals surface area contributed by atoms with E-state index < -0.39 is 6.10 Å². The van der Waals surface area contributed by atoms with Crippen molar-refractivity contribution in [3.8, 4) is 0 Å². The molecule has 0 amide bonds. The predicted octanol–water partition coefficient (Wildman–Crippen LogP) is 2.73. The maximum Gasteiger partial charge on any atom is 0.339 e. The first-order valence-corrected chi connectivity index (χ1v) is 7.24. The highest BCUT2D eigenvalue weighted by molar-refractivity contribution is 5.76. The molecular formula is C17H22O4. The van der Waals surface area contributed by atoms with Crippen molar-refractivity contribution in [2.24, 2.45) is 5.92 Å². The summed E-state index contributed by atoms with van der Waals surface area (Å²) in [6.45, 7) is 3.27. The van der Waals surface area contributed by atoms with E-state index in [-0.39, 0.29) is 18.0 Å². The maximum atomic E-state index is 11.5. The Balaban J connectivity index is 1.75. The highest BCUT2D eigenvalue weighted by atomic mass is 16.6. The Morgan fingerprint density at radius 1 is 1.24 bits per heavy atom. The van der Waals surface area contributed by atoms with Crippen molar-refractivity contribution in [3.05, 3.63) is 48.0 Å². The van der Waals surface area contributed by atoms with Crippen LogP contribution in [0, 0.1) is 5.92 Å². The molecule has 0 N–H and O–H groups in total. The average molecular weight is 290 g/mol. The van der Waals surface area contributed by atoms with E-state index in [0.717, 1.165) is 12.0 Å². The molecule has 0 fully saturated rings. The maximum absolute atomic E-state index is 11.5. The van der Waals surface area contributed by atoms with Gasteiger partial charge in [0.1, 0.15) is 0 Å². The second-order valence-corrected chi connectivity index (χ2v) is 5.19. The molecule has 1 aliphatic rings.